The minimum absolute atomic E-state index is 0. The first kappa shape index (κ1) is 19.6. The SMILES string of the molecule is CCCNC(=NC)NCCc1nc(C(C)(C)C)cs1.I. The Morgan fingerprint density at radius 1 is 1.30 bits per heavy atom. The van der Waals surface area contributed by atoms with Gasteiger partial charge in [-0.05, 0) is 6.42 Å². The summed E-state index contributed by atoms with van der Waals surface area (Å²) in [5.74, 6) is 0.870. The third kappa shape index (κ3) is 6.88. The molecule has 0 aliphatic carbocycles. The predicted molar refractivity (Wildman–Crippen MR) is 99.6 cm³/mol. The van der Waals surface area contributed by atoms with Crippen LogP contribution in [0.3, 0.4) is 0 Å². The molecule has 116 valence electrons. The highest BCUT2D eigenvalue weighted by atomic mass is 127. The van der Waals surface area contributed by atoms with Crippen molar-refractivity contribution < 1.29 is 0 Å². The zero-order chi connectivity index (χ0) is 14.3. The lowest BCUT2D eigenvalue weighted by atomic mass is 9.93. The van der Waals surface area contributed by atoms with Gasteiger partial charge in [-0.2, -0.15) is 0 Å². The molecular weight excluding hydrogens is 383 g/mol. The fourth-order valence-corrected chi connectivity index (χ4v) is 2.55. The highest BCUT2D eigenvalue weighted by Crippen LogP contribution is 2.23. The average Bonchev–Trinajstić information content (AvgIpc) is 2.82. The zero-order valence-electron chi connectivity index (χ0n) is 13.1. The van der Waals surface area contributed by atoms with Gasteiger partial charge in [-0.15, -0.1) is 35.3 Å². The normalized spacial score (nSPS) is 11.9. The number of guanidine groups is 1. The molecule has 0 aromatic carbocycles. The lowest BCUT2D eigenvalue weighted by Crippen LogP contribution is -2.38. The lowest BCUT2D eigenvalue weighted by molar-refractivity contribution is 0.570. The average molecular weight is 410 g/mol. The highest BCUT2D eigenvalue weighted by Gasteiger charge is 2.17. The fraction of sp³-hybridized carbons (Fsp3) is 0.714. The second-order valence-corrected chi connectivity index (χ2v) is 6.49. The number of aromatic nitrogens is 1. The molecule has 0 aliphatic rings. The quantitative estimate of drug-likeness (QED) is 0.446. The molecule has 0 unspecified atom stereocenters. The van der Waals surface area contributed by atoms with Gasteiger partial charge >= 0.3 is 0 Å². The number of aliphatic imine (C=N–C) groups is 1. The molecule has 0 amide bonds. The molecule has 1 aromatic heterocycles. The smallest absolute Gasteiger partial charge is 0.190 e. The molecule has 20 heavy (non-hydrogen) atoms. The molecule has 6 heteroatoms. The van der Waals surface area contributed by atoms with E-state index in [1.54, 1.807) is 18.4 Å². The third-order valence-electron chi connectivity index (χ3n) is 2.72. The number of hydrogen-bond acceptors (Lipinski definition) is 3. The molecule has 0 bridgehead atoms. The van der Waals surface area contributed by atoms with E-state index in [2.05, 4.69) is 53.7 Å². The summed E-state index contributed by atoms with van der Waals surface area (Å²) in [6.45, 7) is 10.5. The summed E-state index contributed by atoms with van der Waals surface area (Å²) >= 11 is 1.74. The van der Waals surface area contributed by atoms with E-state index in [4.69, 9.17) is 0 Å². The molecule has 0 aliphatic heterocycles. The van der Waals surface area contributed by atoms with Gasteiger partial charge in [0, 0.05) is 37.4 Å². The Morgan fingerprint density at radius 3 is 2.45 bits per heavy atom. The van der Waals surface area contributed by atoms with Crippen LogP contribution in [-0.4, -0.2) is 31.1 Å². The molecule has 0 atom stereocenters. The molecular formula is C14H27IN4S. The molecule has 1 aromatic rings. The van der Waals surface area contributed by atoms with E-state index in [1.807, 2.05) is 0 Å². The predicted octanol–water partition coefficient (Wildman–Crippen LogP) is 3.18. The Balaban J connectivity index is 0.00000361. The topological polar surface area (TPSA) is 49.3 Å². The molecule has 4 nitrogen and oxygen atoms in total. The van der Waals surface area contributed by atoms with Gasteiger partial charge in [0.25, 0.3) is 0 Å². The summed E-state index contributed by atoms with van der Waals surface area (Å²) in [6, 6.07) is 0. The molecule has 0 fully saturated rings. The van der Waals surface area contributed by atoms with Crippen LogP contribution in [0, 0.1) is 0 Å². The largest absolute Gasteiger partial charge is 0.356 e. The molecule has 0 radical (unpaired) electrons. The highest BCUT2D eigenvalue weighted by molar-refractivity contribution is 14.0. The second-order valence-electron chi connectivity index (χ2n) is 5.55. The van der Waals surface area contributed by atoms with Gasteiger partial charge in [-0.25, -0.2) is 4.98 Å². The molecule has 0 saturated heterocycles. The van der Waals surface area contributed by atoms with Crippen LogP contribution < -0.4 is 10.6 Å². The van der Waals surface area contributed by atoms with Crippen LogP contribution in [0.4, 0.5) is 0 Å². The van der Waals surface area contributed by atoms with Gasteiger partial charge in [-0.3, -0.25) is 4.99 Å². The maximum atomic E-state index is 4.68. The van der Waals surface area contributed by atoms with Crippen LogP contribution >= 0.6 is 35.3 Å². The van der Waals surface area contributed by atoms with Crippen molar-refractivity contribution in [2.75, 3.05) is 20.1 Å². The molecule has 1 rings (SSSR count). The van der Waals surface area contributed by atoms with E-state index in [0.717, 1.165) is 31.9 Å². The lowest BCUT2D eigenvalue weighted by Gasteiger charge is -2.14. The van der Waals surface area contributed by atoms with E-state index in [9.17, 15) is 0 Å². The van der Waals surface area contributed by atoms with Crippen LogP contribution in [0.15, 0.2) is 10.4 Å². The molecule has 0 spiro atoms. The van der Waals surface area contributed by atoms with Gasteiger partial charge in [0.2, 0.25) is 0 Å². The Labute approximate surface area is 143 Å². The number of hydrogen-bond donors (Lipinski definition) is 2. The van der Waals surface area contributed by atoms with Crippen LogP contribution in [0.1, 0.15) is 44.8 Å². The Morgan fingerprint density at radius 2 is 1.95 bits per heavy atom. The second kappa shape index (κ2) is 9.55. The van der Waals surface area contributed by atoms with E-state index in [-0.39, 0.29) is 29.4 Å². The zero-order valence-corrected chi connectivity index (χ0v) is 16.3. The van der Waals surface area contributed by atoms with Crippen molar-refractivity contribution in [3.8, 4) is 0 Å². The van der Waals surface area contributed by atoms with Crippen LogP contribution in [0.5, 0.6) is 0 Å². The molecule has 2 N–H and O–H groups in total. The number of halogens is 1. The van der Waals surface area contributed by atoms with Crippen LogP contribution in [-0.2, 0) is 11.8 Å². The first-order chi connectivity index (χ1) is 8.97. The minimum Gasteiger partial charge on any atom is -0.356 e. The summed E-state index contributed by atoms with van der Waals surface area (Å²) in [5.41, 5.74) is 1.32. The van der Waals surface area contributed by atoms with Crippen LogP contribution in [0.2, 0.25) is 0 Å². The van der Waals surface area contributed by atoms with E-state index in [0.29, 0.717) is 0 Å². The van der Waals surface area contributed by atoms with Gasteiger partial charge in [0.1, 0.15) is 0 Å². The summed E-state index contributed by atoms with van der Waals surface area (Å²) in [6.07, 6.45) is 2.04. The minimum atomic E-state index is 0. The molecule has 0 saturated carbocycles. The van der Waals surface area contributed by atoms with E-state index < -0.39 is 0 Å². The van der Waals surface area contributed by atoms with Gasteiger partial charge in [0.05, 0.1) is 10.7 Å². The fourth-order valence-electron chi connectivity index (χ4n) is 1.52. The van der Waals surface area contributed by atoms with Crippen molar-refractivity contribution in [1.82, 2.24) is 15.6 Å². The van der Waals surface area contributed by atoms with Crippen molar-refractivity contribution in [1.29, 1.82) is 0 Å². The standard InChI is InChI=1S/C14H26N4S.HI/c1-6-8-16-13(15-5)17-9-7-12-18-11(10-19-12)14(2,3)4;/h10H,6-9H2,1-5H3,(H2,15,16,17);1H. The van der Waals surface area contributed by atoms with E-state index >= 15 is 0 Å². The Kier molecular flexibility index (Phi) is 9.37. The van der Waals surface area contributed by atoms with Crippen molar-refractivity contribution in [2.24, 2.45) is 4.99 Å². The molecule has 1 heterocycles. The van der Waals surface area contributed by atoms with Gasteiger partial charge in [0.15, 0.2) is 5.96 Å². The number of rotatable bonds is 5. The summed E-state index contributed by atoms with van der Waals surface area (Å²) < 4.78 is 0. The summed E-state index contributed by atoms with van der Waals surface area (Å²) in [5, 5.41) is 9.91. The maximum Gasteiger partial charge on any atom is 0.190 e. The van der Waals surface area contributed by atoms with Gasteiger partial charge in [-0.1, -0.05) is 27.7 Å². The third-order valence-corrected chi connectivity index (χ3v) is 3.63. The van der Waals surface area contributed by atoms with Gasteiger partial charge < -0.3 is 10.6 Å². The number of nitrogens with one attached hydrogen (secondary N) is 2. The monoisotopic (exact) mass is 410 g/mol. The summed E-state index contributed by atoms with van der Waals surface area (Å²) in [7, 11) is 1.80. The first-order valence-electron chi connectivity index (χ1n) is 6.86. The number of nitrogens with zero attached hydrogens (tertiary/aromatic N) is 2. The summed E-state index contributed by atoms with van der Waals surface area (Å²) in [4.78, 5) is 8.86. The maximum absolute atomic E-state index is 4.68. The van der Waals surface area contributed by atoms with E-state index in [1.165, 1.54) is 10.7 Å². The van der Waals surface area contributed by atoms with Crippen molar-refractivity contribution >= 4 is 41.3 Å². The number of thiazole rings is 1. The Hall–Kier alpha value is -0.370. The van der Waals surface area contributed by atoms with Crippen LogP contribution in [0.25, 0.3) is 0 Å². The first-order valence-corrected chi connectivity index (χ1v) is 7.74. The van der Waals surface area contributed by atoms with Crippen molar-refractivity contribution in [3.63, 3.8) is 0 Å². The van der Waals surface area contributed by atoms with Crippen molar-refractivity contribution in [3.05, 3.63) is 16.1 Å². The Bertz CT molecular complexity index is 410. The van der Waals surface area contributed by atoms with Crippen molar-refractivity contribution in [2.45, 2.75) is 46.0 Å².